The van der Waals surface area contributed by atoms with Crippen LogP contribution in [0.2, 0.25) is 0 Å². The molecule has 0 amide bonds. The summed E-state index contributed by atoms with van der Waals surface area (Å²) in [5.41, 5.74) is -0.233. The highest BCUT2D eigenvalue weighted by Crippen LogP contribution is 2.74. The van der Waals surface area contributed by atoms with Gasteiger partial charge in [-0.25, -0.2) is 4.89 Å². The molecule has 3 fully saturated rings. The van der Waals surface area contributed by atoms with Gasteiger partial charge in [-0.3, -0.25) is 10.1 Å². The van der Waals surface area contributed by atoms with Gasteiger partial charge >= 0.3 is 5.97 Å². The molecule has 3 aliphatic carbocycles. The predicted octanol–water partition coefficient (Wildman–Crippen LogP) is 7.26. The lowest BCUT2D eigenvalue weighted by atomic mass is 9.38. The summed E-state index contributed by atoms with van der Waals surface area (Å²) in [6, 6.07) is 0. The molecule has 0 spiro atoms. The predicted molar refractivity (Wildman–Crippen MR) is 140 cm³/mol. The average molecular weight is 491 g/mol. The zero-order valence-corrected chi connectivity index (χ0v) is 23.2. The van der Waals surface area contributed by atoms with Crippen LogP contribution < -0.4 is 0 Å². The standard InChI is InChI=1S/C30H50O5/c1-20(2)21-12-19-29(7)24(27(21,5)17-14-25(31)32)11-10-22-23(13-18-28(22,29)6)30(8,33)16-9-15-26(3,4)35-34/h9,15,21-24,33-34H,1,10-14,16-19H2,2-8H3,(H,31,32)/b15-9+. The zero-order chi connectivity index (χ0) is 26.4. The second-order valence-corrected chi connectivity index (χ2v) is 13.7. The number of fused-ring (bicyclic) bond motifs is 3. The fourth-order valence-electron chi connectivity index (χ4n) is 9.15. The largest absolute Gasteiger partial charge is 0.481 e. The molecule has 0 aromatic carbocycles. The van der Waals surface area contributed by atoms with Crippen LogP contribution in [-0.4, -0.2) is 32.6 Å². The molecule has 3 saturated carbocycles. The van der Waals surface area contributed by atoms with Crippen molar-refractivity contribution in [2.45, 2.75) is 117 Å². The maximum Gasteiger partial charge on any atom is 0.303 e. The number of rotatable bonds is 9. The minimum atomic E-state index is -0.824. The summed E-state index contributed by atoms with van der Waals surface area (Å²) in [5.74, 6) is 0.773. The Balaban J connectivity index is 1.89. The van der Waals surface area contributed by atoms with Gasteiger partial charge < -0.3 is 10.2 Å². The second-order valence-electron chi connectivity index (χ2n) is 13.7. The van der Waals surface area contributed by atoms with Crippen LogP contribution in [0.1, 0.15) is 106 Å². The maximum absolute atomic E-state index is 11.6. The van der Waals surface area contributed by atoms with E-state index in [9.17, 15) is 15.0 Å². The molecule has 200 valence electrons. The van der Waals surface area contributed by atoms with Crippen LogP contribution in [-0.2, 0) is 9.68 Å². The van der Waals surface area contributed by atoms with E-state index in [0.717, 1.165) is 38.5 Å². The van der Waals surface area contributed by atoms with Gasteiger partial charge in [-0.05, 0) is 119 Å². The highest BCUT2D eigenvalue weighted by molar-refractivity contribution is 5.66. The number of aliphatic carboxylic acids is 1. The van der Waals surface area contributed by atoms with E-state index in [1.165, 1.54) is 5.57 Å². The molecule has 5 heteroatoms. The fraction of sp³-hybridized carbons (Fsp3) is 0.833. The van der Waals surface area contributed by atoms with Crippen molar-refractivity contribution in [3.05, 3.63) is 24.3 Å². The van der Waals surface area contributed by atoms with Crippen LogP contribution in [0.4, 0.5) is 0 Å². The van der Waals surface area contributed by atoms with Crippen LogP contribution in [0.15, 0.2) is 24.3 Å². The first-order chi connectivity index (χ1) is 16.0. The van der Waals surface area contributed by atoms with E-state index in [4.69, 9.17) is 5.26 Å². The van der Waals surface area contributed by atoms with Gasteiger partial charge in [0.1, 0.15) is 5.60 Å². The van der Waals surface area contributed by atoms with Crippen LogP contribution in [0, 0.1) is 39.9 Å². The Kier molecular flexibility index (Phi) is 7.80. The molecule has 3 aliphatic rings. The van der Waals surface area contributed by atoms with Crippen molar-refractivity contribution in [1.82, 2.24) is 0 Å². The normalized spacial score (nSPS) is 41.3. The molecule has 0 bridgehead atoms. The van der Waals surface area contributed by atoms with Crippen molar-refractivity contribution in [2.75, 3.05) is 0 Å². The van der Waals surface area contributed by atoms with Gasteiger partial charge in [0.15, 0.2) is 0 Å². The summed E-state index contributed by atoms with van der Waals surface area (Å²) in [6.45, 7) is 19.3. The van der Waals surface area contributed by atoms with Crippen molar-refractivity contribution in [3.8, 4) is 0 Å². The molecule has 0 heterocycles. The van der Waals surface area contributed by atoms with Crippen molar-refractivity contribution in [3.63, 3.8) is 0 Å². The van der Waals surface area contributed by atoms with Gasteiger partial charge in [-0.15, -0.1) is 0 Å². The quantitative estimate of drug-likeness (QED) is 0.180. The summed E-state index contributed by atoms with van der Waals surface area (Å²) in [4.78, 5) is 16.1. The topological polar surface area (TPSA) is 87.0 Å². The first-order valence-corrected chi connectivity index (χ1v) is 13.6. The molecule has 5 nitrogen and oxygen atoms in total. The lowest BCUT2D eigenvalue weighted by Crippen LogP contribution is -2.60. The third kappa shape index (κ3) is 4.90. The summed E-state index contributed by atoms with van der Waals surface area (Å²) in [7, 11) is 0. The SMILES string of the molecule is C=C(C)C1CCC2(C)C(CCC3C(C(C)(O)C/C=C/C(C)(C)OO)CCC32C)C1(C)CCC(=O)O. The minimum Gasteiger partial charge on any atom is -0.481 e. The van der Waals surface area contributed by atoms with Gasteiger partial charge in [0.05, 0.1) is 5.60 Å². The van der Waals surface area contributed by atoms with Gasteiger partial charge in [0, 0.05) is 6.42 Å². The smallest absolute Gasteiger partial charge is 0.303 e. The summed E-state index contributed by atoms with van der Waals surface area (Å²) in [5, 5.41) is 30.3. The van der Waals surface area contributed by atoms with E-state index < -0.39 is 17.2 Å². The molecule has 0 aliphatic heterocycles. The van der Waals surface area contributed by atoms with E-state index in [2.05, 4.69) is 39.2 Å². The molecular weight excluding hydrogens is 440 g/mol. The third-order valence-electron chi connectivity index (χ3n) is 11.2. The Labute approximate surface area is 213 Å². The van der Waals surface area contributed by atoms with Crippen LogP contribution >= 0.6 is 0 Å². The van der Waals surface area contributed by atoms with Gasteiger partial charge in [-0.2, -0.15) is 0 Å². The molecular formula is C30H50O5. The van der Waals surface area contributed by atoms with Crippen LogP contribution in [0.25, 0.3) is 0 Å². The molecule has 3 rings (SSSR count). The van der Waals surface area contributed by atoms with Gasteiger partial charge in [0.25, 0.3) is 0 Å². The Morgan fingerprint density at radius 3 is 2.29 bits per heavy atom. The van der Waals surface area contributed by atoms with E-state index >= 15 is 0 Å². The highest BCUT2D eigenvalue weighted by Gasteiger charge is 2.67. The number of allylic oxidation sites excluding steroid dienone is 1. The fourth-order valence-corrected chi connectivity index (χ4v) is 9.15. The Morgan fingerprint density at radius 2 is 1.71 bits per heavy atom. The average Bonchev–Trinajstić information content (AvgIpc) is 3.11. The van der Waals surface area contributed by atoms with Crippen molar-refractivity contribution in [1.29, 1.82) is 0 Å². The molecule has 8 atom stereocenters. The Bertz CT molecular complexity index is 844. The first-order valence-electron chi connectivity index (χ1n) is 13.6. The van der Waals surface area contributed by atoms with Gasteiger partial charge in [0.2, 0.25) is 0 Å². The van der Waals surface area contributed by atoms with Crippen LogP contribution in [0.5, 0.6) is 0 Å². The summed E-state index contributed by atoms with van der Waals surface area (Å²) in [6.07, 6.45) is 11.7. The molecule has 8 unspecified atom stereocenters. The maximum atomic E-state index is 11.6. The minimum absolute atomic E-state index is 0.0651. The molecule has 3 N–H and O–H groups in total. The number of hydrogen-bond acceptors (Lipinski definition) is 4. The summed E-state index contributed by atoms with van der Waals surface area (Å²) >= 11 is 0. The lowest BCUT2D eigenvalue weighted by Gasteiger charge is -2.66. The lowest BCUT2D eigenvalue weighted by molar-refractivity contribution is -0.297. The van der Waals surface area contributed by atoms with Crippen LogP contribution in [0.3, 0.4) is 0 Å². The molecule has 35 heavy (non-hydrogen) atoms. The number of carboxylic acids is 1. The first kappa shape index (κ1) is 28.4. The van der Waals surface area contributed by atoms with Crippen molar-refractivity contribution < 1.29 is 25.2 Å². The zero-order valence-electron chi connectivity index (χ0n) is 23.2. The molecule has 0 aromatic rings. The number of carboxylic acid groups (broad SMARTS) is 1. The van der Waals surface area contributed by atoms with Crippen molar-refractivity contribution >= 4 is 5.97 Å². The Morgan fingerprint density at radius 1 is 1.09 bits per heavy atom. The number of carbonyl (C=O) groups is 1. The third-order valence-corrected chi connectivity index (χ3v) is 11.2. The van der Waals surface area contributed by atoms with Gasteiger partial charge in [-0.1, -0.05) is 45.1 Å². The summed E-state index contributed by atoms with van der Waals surface area (Å²) < 4.78 is 0. The Hall–Kier alpha value is -1.17. The van der Waals surface area contributed by atoms with E-state index in [1.54, 1.807) is 13.8 Å². The van der Waals surface area contributed by atoms with Crippen molar-refractivity contribution in [2.24, 2.45) is 39.9 Å². The van der Waals surface area contributed by atoms with E-state index in [1.807, 2.05) is 19.1 Å². The number of hydrogen-bond donors (Lipinski definition) is 3. The van der Waals surface area contributed by atoms with E-state index in [0.29, 0.717) is 30.6 Å². The van der Waals surface area contributed by atoms with E-state index in [-0.39, 0.29) is 28.6 Å². The molecule has 0 radical (unpaired) electrons. The highest BCUT2D eigenvalue weighted by atomic mass is 17.1. The monoisotopic (exact) mass is 490 g/mol. The second kappa shape index (κ2) is 9.61. The molecule has 0 aromatic heterocycles. The number of aliphatic hydroxyl groups is 1. The molecule has 0 saturated heterocycles.